The molecule has 0 radical (unpaired) electrons. The molecule has 0 atom stereocenters. The lowest BCUT2D eigenvalue weighted by Gasteiger charge is -2.21. The van der Waals surface area contributed by atoms with Crippen LogP contribution < -0.4 is 10.2 Å². The summed E-state index contributed by atoms with van der Waals surface area (Å²) in [5.41, 5.74) is 1.75. The first-order valence-electron chi connectivity index (χ1n) is 8.20. The number of hydrogen-bond donors (Lipinski definition) is 1. The van der Waals surface area contributed by atoms with E-state index in [4.69, 9.17) is 0 Å². The molecule has 0 unspecified atom stereocenters. The van der Waals surface area contributed by atoms with Crippen molar-refractivity contribution in [2.24, 2.45) is 0 Å². The summed E-state index contributed by atoms with van der Waals surface area (Å²) in [6, 6.07) is 6.46. The van der Waals surface area contributed by atoms with Gasteiger partial charge >= 0.3 is 0 Å². The van der Waals surface area contributed by atoms with Crippen LogP contribution in [-0.2, 0) is 16.1 Å². The number of carbonyl (C=O) groups excluding carboxylic acids is 1. The molecule has 130 valence electrons. The highest BCUT2D eigenvalue weighted by atomic mass is 19.3. The van der Waals surface area contributed by atoms with Crippen LogP contribution in [0.2, 0.25) is 0 Å². The number of alkyl halides is 2. The Bertz CT molecular complexity index is 858. The van der Waals surface area contributed by atoms with Gasteiger partial charge in [-0.15, -0.1) is 0 Å². The number of pyridine rings is 2. The van der Waals surface area contributed by atoms with E-state index in [1.54, 1.807) is 24.4 Å². The quantitative estimate of drug-likeness (QED) is 0.922. The van der Waals surface area contributed by atoms with Gasteiger partial charge in [-0.2, -0.15) is 8.78 Å². The molecule has 7 heteroatoms. The first kappa shape index (κ1) is 15.9. The number of carbonyl (C=O) groups is 1. The second kappa shape index (κ2) is 5.21. The molecule has 1 aliphatic carbocycles. The number of fused-ring (bicyclic) bond motifs is 2. The normalized spacial score (nSPS) is 17.5. The van der Waals surface area contributed by atoms with E-state index in [9.17, 15) is 13.6 Å². The zero-order valence-corrected chi connectivity index (χ0v) is 14.0. The Morgan fingerprint density at radius 3 is 2.76 bits per heavy atom. The molecule has 0 aromatic carbocycles. The number of aromatic nitrogens is 2. The molecule has 0 bridgehead atoms. The van der Waals surface area contributed by atoms with Crippen LogP contribution in [0.5, 0.6) is 0 Å². The number of rotatable bonds is 3. The molecule has 2 aliphatic rings. The molecule has 3 heterocycles. The van der Waals surface area contributed by atoms with E-state index >= 15 is 0 Å². The molecule has 1 saturated carbocycles. The zero-order valence-electron chi connectivity index (χ0n) is 14.0. The summed E-state index contributed by atoms with van der Waals surface area (Å²) in [6.45, 7) is 2.96. The molecule has 0 saturated heterocycles. The molecule has 25 heavy (non-hydrogen) atoms. The van der Waals surface area contributed by atoms with Crippen LogP contribution in [0.15, 0.2) is 30.5 Å². The minimum Gasteiger partial charge on any atom is -0.325 e. The van der Waals surface area contributed by atoms with Gasteiger partial charge in [0.2, 0.25) is 5.91 Å². The van der Waals surface area contributed by atoms with Gasteiger partial charge in [-0.1, -0.05) is 6.07 Å². The largest absolute Gasteiger partial charge is 0.325 e. The molecule has 1 aliphatic heterocycles. The third-order valence-electron chi connectivity index (χ3n) is 4.82. The number of halogens is 2. The Morgan fingerprint density at radius 1 is 1.36 bits per heavy atom. The average molecular weight is 344 g/mol. The summed E-state index contributed by atoms with van der Waals surface area (Å²) in [7, 11) is 0. The van der Waals surface area contributed by atoms with Crippen LogP contribution in [0.25, 0.3) is 0 Å². The minimum atomic E-state index is -2.99. The van der Waals surface area contributed by atoms with Crippen LogP contribution in [-0.4, -0.2) is 22.4 Å². The van der Waals surface area contributed by atoms with Crippen molar-refractivity contribution >= 4 is 23.2 Å². The predicted molar refractivity (Wildman–Crippen MR) is 90.3 cm³/mol. The van der Waals surface area contributed by atoms with Gasteiger partial charge in [-0.05, 0) is 25.0 Å². The first-order valence-corrected chi connectivity index (χ1v) is 8.20. The van der Waals surface area contributed by atoms with Gasteiger partial charge in [0, 0.05) is 43.6 Å². The maximum absolute atomic E-state index is 13.7. The predicted octanol–water partition coefficient (Wildman–Crippen LogP) is 3.73. The van der Waals surface area contributed by atoms with Crippen LogP contribution in [0.3, 0.4) is 0 Å². The maximum atomic E-state index is 13.7. The number of nitrogens with one attached hydrogen (secondary N) is 1. The van der Waals surface area contributed by atoms with Crippen molar-refractivity contribution in [3.63, 3.8) is 0 Å². The summed E-state index contributed by atoms with van der Waals surface area (Å²) in [6.07, 6.45) is 3.87. The van der Waals surface area contributed by atoms with Crippen LogP contribution >= 0.6 is 0 Å². The highest BCUT2D eigenvalue weighted by Crippen LogP contribution is 2.58. The molecule has 4 rings (SSSR count). The van der Waals surface area contributed by atoms with Gasteiger partial charge in [0.1, 0.15) is 17.3 Å². The smallest absolute Gasteiger partial charge is 0.287 e. The zero-order chi connectivity index (χ0) is 17.8. The maximum Gasteiger partial charge on any atom is 0.287 e. The van der Waals surface area contributed by atoms with Gasteiger partial charge in [0.15, 0.2) is 0 Å². The fourth-order valence-electron chi connectivity index (χ4n) is 3.40. The van der Waals surface area contributed by atoms with E-state index in [-0.39, 0.29) is 17.0 Å². The van der Waals surface area contributed by atoms with Gasteiger partial charge < -0.3 is 10.2 Å². The summed E-state index contributed by atoms with van der Waals surface area (Å²) < 4.78 is 27.3. The fraction of sp³-hybridized carbons (Fsp3) is 0.389. The van der Waals surface area contributed by atoms with Crippen molar-refractivity contribution < 1.29 is 13.6 Å². The SMILES string of the molecule is CC(=O)Nc1cc2c(cn1)C1(CC1)CN2c1cccc(C(C)(F)F)n1. The second-order valence-corrected chi connectivity index (χ2v) is 6.90. The summed E-state index contributed by atoms with van der Waals surface area (Å²) in [5.74, 6) is -2.26. The lowest BCUT2D eigenvalue weighted by Crippen LogP contribution is -2.21. The van der Waals surface area contributed by atoms with Crippen molar-refractivity contribution in [1.29, 1.82) is 0 Å². The van der Waals surface area contributed by atoms with Gasteiger partial charge in [0.25, 0.3) is 5.92 Å². The first-order chi connectivity index (χ1) is 11.8. The highest BCUT2D eigenvalue weighted by Gasteiger charge is 2.52. The lowest BCUT2D eigenvalue weighted by atomic mass is 10.0. The monoisotopic (exact) mass is 344 g/mol. The summed E-state index contributed by atoms with van der Waals surface area (Å²) in [4.78, 5) is 21.7. The van der Waals surface area contributed by atoms with Crippen LogP contribution in [0.1, 0.15) is 37.9 Å². The number of anilines is 3. The summed E-state index contributed by atoms with van der Waals surface area (Å²) in [5, 5.41) is 2.67. The van der Waals surface area contributed by atoms with Gasteiger partial charge in [0.05, 0.1) is 5.69 Å². The Balaban J connectivity index is 1.77. The third-order valence-corrected chi connectivity index (χ3v) is 4.82. The van der Waals surface area contributed by atoms with E-state index < -0.39 is 5.92 Å². The summed E-state index contributed by atoms with van der Waals surface area (Å²) >= 11 is 0. The van der Waals surface area contributed by atoms with E-state index in [0.29, 0.717) is 18.2 Å². The van der Waals surface area contributed by atoms with E-state index in [1.807, 2.05) is 4.90 Å². The number of hydrogen-bond acceptors (Lipinski definition) is 4. The molecular formula is C18H18F2N4O. The van der Waals surface area contributed by atoms with Crippen molar-refractivity contribution in [2.45, 2.75) is 38.0 Å². The van der Waals surface area contributed by atoms with Crippen LogP contribution in [0, 0.1) is 0 Å². The molecule has 1 amide bonds. The molecule has 2 aromatic rings. The van der Waals surface area contributed by atoms with Gasteiger partial charge in [-0.25, -0.2) is 9.97 Å². The molecule has 1 N–H and O–H groups in total. The lowest BCUT2D eigenvalue weighted by molar-refractivity contribution is -0.114. The minimum absolute atomic E-state index is 0.0313. The van der Waals surface area contributed by atoms with Crippen molar-refractivity contribution in [3.8, 4) is 0 Å². The van der Waals surface area contributed by atoms with Crippen molar-refractivity contribution in [2.75, 3.05) is 16.8 Å². The van der Waals surface area contributed by atoms with Crippen molar-refractivity contribution in [3.05, 3.63) is 41.7 Å². The van der Waals surface area contributed by atoms with E-state index in [2.05, 4.69) is 15.3 Å². The average Bonchev–Trinajstić information content (AvgIpc) is 3.24. The van der Waals surface area contributed by atoms with Crippen LogP contribution in [0.4, 0.5) is 26.1 Å². The van der Waals surface area contributed by atoms with E-state index in [0.717, 1.165) is 31.0 Å². The second-order valence-electron chi connectivity index (χ2n) is 6.90. The molecule has 1 spiro atoms. The molecule has 1 fully saturated rings. The standard InChI is InChI=1S/C18H18F2N4O/c1-11(25)22-15-8-13-12(9-21-15)18(6-7-18)10-24(13)16-5-3-4-14(23-16)17(2,19)20/h3-5,8-9H,6-7,10H2,1-2H3,(H,21,22,25). The molecular weight excluding hydrogens is 326 g/mol. The third kappa shape index (κ3) is 2.73. The Morgan fingerprint density at radius 2 is 2.12 bits per heavy atom. The topological polar surface area (TPSA) is 58.1 Å². The molecule has 2 aromatic heterocycles. The number of amides is 1. The Hall–Kier alpha value is -2.57. The van der Waals surface area contributed by atoms with Gasteiger partial charge in [-0.3, -0.25) is 4.79 Å². The van der Waals surface area contributed by atoms with Crippen molar-refractivity contribution in [1.82, 2.24) is 9.97 Å². The molecule has 5 nitrogen and oxygen atoms in total. The Labute approximate surface area is 144 Å². The Kier molecular flexibility index (Phi) is 3.32. The highest BCUT2D eigenvalue weighted by molar-refractivity contribution is 5.89. The number of nitrogens with zero attached hydrogens (tertiary/aromatic N) is 3. The van der Waals surface area contributed by atoms with E-state index in [1.165, 1.54) is 13.0 Å². The fourth-order valence-corrected chi connectivity index (χ4v) is 3.40.